The maximum absolute atomic E-state index is 5.86. The Kier molecular flexibility index (Phi) is 6.05. The molecule has 0 N–H and O–H groups in total. The zero-order chi connectivity index (χ0) is 17.6. The van der Waals surface area contributed by atoms with Gasteiger partial charge < -0.3 is 4.74 Å². The van der Waals surface area contributed by atoms with Gasteiger partial charge in [0.1, 0.15) is 12.4 Å². The Balaban J connectivity index is 1.63. The van der Waals surface area contributed by atoms with Crippen LogP contribution in [0.2, 0.25) is 0 Å². The van der Waals surface area contributed by atoms with Crippen LogP contribution in [0.3, 0.4) is 0 Å². The number of nitrogens with zero attached hydrogens (tertiary/aromatic N) is 1. The molecule has 0 saturated carbocycles. The van der Waals surface area contributed by atoms with Gasteiger partial charge in [0.25, 0.3) is 0 Å². The highest BCUT2D eigenvalue weighted by atomic mass is 79.9. The van der Waals surface area contributed by atoms with Crippen molar-refractivity contribution in [3.8, 4) is 5.75 Å². The summed E-state index contributed by atoms with van der Waals surface area (Å²) in [5.74, 6) is 0.836. The number of hydrogen-bond acceptors (Lipinski definition) is 2. The predicted octanol–water partition coefficient (Wildman–Crippen LogP) is 6.85. The Bertz CT molecular complexity index is 889. The second-order valence-corrected chi connectivity index (χ2v) is 7.41. The molecule has 3 rings (SSSR count). The fourth-order valence-corrected chi connectivity index (χ4v) is 3.46. The molecule has 4 heteroatoms. The normalized spacial score (nSPS) is 11.0. The van der Waals surface area contributed by atoms with Crippen LogP contribution >= 0.6 is 31.9 Å². The summed E-state index contributed by atoms with van der Waals surface area (Å²) >= 11 is 7.01. The van der Waals surface area contributed by atoms with E-state index in [0.29, 0.717) is 6.61 Å². The zero-order valence-corrected chi connectivity index (χ0v) is 16.9. The van der Waals surface area contributed by atoms with E-state index in [9.17, 15) is 0 Å². The van der Waals surface area contributed by atoms with Crippen molar-refractivity contribution in [2.24, 2.45) is 4.99 Å². The molecule has 0 bridgehead atoms. The van der Waals surface area contributed by atoms with Crippen molar-refractivity contribution in [2.45, 2.75) is 13.5 Å². The second-order valence-electron chi connectivity index (χ2n) is 5.64. The third-order valence-corrected chi connectivity index (χ3v) is 4.99. The van der Waals surface area contributed by atoms with E-state index in [1.807, 2.05) is 66.9 Å². The predicted molar refractivity (Wildman–Crippen MR) is 111 cm³/mol. The minimum atomic E-state index is 0.518. The van der Waals surface area contributed by atoms with Crippen molar-refractivity contribution in [3.63, 3.8) is 0 Å². The first-order chi connectivity index (χ1) is 12.1. The van der Waals surface area contributed by atoms with Crippen molar-refractivity contribution in [1.29, 1.82) is 0 Å². The van der Waals surface area contributed by atoms with Gasteiger partial charge in [-0.1, -0.05) is 56.1 Å². The Labute approximate surface area is 164 Å². The van der Waals surface area contributed by atoms with Crippen LogP contribution in [0.15, 0.2) is 80.7 Å². The molecular weight excluding hydrogens is 442 g/mol. The number of para-hydroxylation sites is 1. The average Bonchev–Trinajstić information content (AvgIpc) is 2.61. The molecule has 0 aliphatic carbocycles. The first kappa shape index (κ1) is 17.9. The van der Waals surface area contributed by atoms with Gasteiger partial charge in [0.05, 0.1) is 5.69 Å². The van der Waals surface area contributed by atoms with Gasteiger partial charge >= 0.3 is 0 Å². The van der Waals surface area contributed by atoms with Gasteiger partial charge in [-0.3, -0.25) is 4.99 Å². The fraction of sp³-hybridized carbons (Fsp3) is 0.0952. The van der Waals surface area contributed by atoms with Crippen LogP contribution in [0.4, 0.5) is 5.69 Å². The van der Waals surface area contributed by atoms with E-state index in [1.54, 1.807) is 0 Å². The molecule has 0 aliphatic rings. The smallest absolute Gasteiger partial charge is 0.119 e. The average molecular weight is 459 g/mol. The van der Waals surface area contributed by atoms with Crippen molar-refractivity contribution in [1.82, 2.24) is 0 Å². The third kappa shape index (κ3) is 5.03. The van der Waals surface area contributed by atoms with E-state index in [2.05, 4.69) is 49.8 Å². The molecule has 0 heterocycles. The number of aliphatic imine (C=N–C) groups is 1. The number of aryl methyl sites for hydroxylation is 1. The summed E-state index contributed by atoms with van der Waals surface area (Å²) in [5.41, 5.74) is 4.30. The molecule has 0 aromatic heterocycles. The summed E-state index contributed by atoms with van der Waals surface area (Å²) in [6.07, 6.45) is 1.87. The highest BCUT2D eigenvalue weighted by Gasteiger charge is 2.02. The third-order valence-electron chi connectivity index (χ3n) is 3.76. The number of rotatable bonds is 5. The van der Waals surface area contributed by atoms with Crippen LogP contribution in [-0.4, -0.2) is 6.21 Å². The van der Waals surface area contributed by atoms with Crippen LogP contribution < -0.4 is 4.74 Å². The fourth-order valence-electron chi connectivity index (χ4n) is 2.30. The Hall–Kier alpha value is -1.91. The molecule has 0 fully saturated rings. The SMILES string of the molecule is Cc1ccccc1N=Cc1ccc(OCc2ccc(Br)cc2Br)cc1. The summed E-state index contributed by atoms with van der Waals surface area (Å²) in [7, 11) is 0. The molecule has 0 spiro atoms. The van der Waals surface area contributed by atoms with Gasteiger partial charge in [-0.15, -0.1) is 0 Å². The summed E-state index contributed by atoms with van der Waals surface area (Å²) in [5, 5.41) is 0. The summed E-state index contributed by atoms with van der Waals surface area (Å²) in [6.45, 7) is 2.58. The summed E-state index contributed by atoms with van der Waals surface area (Å²) in [6, 6.07) is 22.1. The van der Waals surface area contributed by atoms with Gasteiger partial charge in [-0.25, -0.2) is 0 Å². The molecule has 0 aliphatic heterocycles. The number of ether oxygens (including phenoxy) is 1. The molecule has 3 aromatic carbocycles. The van der Waals surface area contributed by atoms with E-state index in [1.165, 1.54) is 5.56 Å². The standard InChI is InChI=1S/C21H17Br2NO/c1-15-4-2-3-5-21(15)24-13-16-6-10-19(11-7-16)25-14-17-8-9-18(22)12-20(17)23/h2-13H,14H2,1H3. The molecule has 0 atom stereocenters. The quantitative estimate of drug-likeness (QED) is 0.383. The van der Waals surface area contributed by atoms with Crippen molar-refractivity contribution in [3.05, 3.63) is 92.4 Å². The molecule has 126 valence electrons. The Morgan fingerprint density at radius 3 is 2.44 bits per heavy atom. The zero-order valence-electron chi connectivity index (χ0n) is 13.7. The minimum absolute atomic E-state index is 0.518. The lowest BCUT2D eigenvalue weighted by Gasteiger charge is -2.08. The molecule has 0 unspecified atom stereocenters. The van der Waals surface area contributed by atoms with Crippen molar-refractivity contribution in [2.75, 3.05) is 0 Å². The maximum Gasteiger partial charge on any atom is 0.119 e. The number of hydrogen-bond donors (Lipinski definition) is 0. The van der Waals surface area contributed by atoms with Crippen LogP contribution in [0.25, 0.3) is 0 Å². The summed E-state index contributed by atoms with van der Waals surface area (Å²) in [4.78, 5) is 4.54. The molecule has 3 aromatic rings. The van der Waals surface area contributed by atoms with Crippen molar-refractivity contribution < 1.29 is 4.74 Å². The molecular formula is C21H17Br2NO. The van der Waals surface area contributed by atoms with E-state index < -0.39 is 0 Å². The van der Waals surface area contributed by atoms with Crippen LogP contribution in [0.1, 0.15) is 16.7 Å². The van der Waals surface area contributed by atoms with Crippen LogP contribution in [0, 0.1) is 6.92 Å². The first-order valence-corrected chi connectivity index (χ1v) is 9.47. The highest BCUT2D eigenvalue weighted by molar-refractivity contribution is 9.11. The monoisotopic (exact) mass is 457 g/mol. The molecule has 0 amide bonds. The highest BCUT2D eigenvalue weighted by Crippen LogP contribution is 2.24. The minimum Gasteiger partial charge on any atom is -0.489 e. The van der Waals surface area contributed by atoms with Gasteiger partial charge in [-0.2, -0.15) is 0 Å². The lowest BCUT2D eigenvalue weighted by molar-refractivity contribution is 0.305. The van der Waals surface area contributed by atoms with Gasteiger partial charge in [0, 0.05) is 20.7 Å². The van der Waals surface area contributed by atoms with Crippen molar-refractivity contribution >= 4 is 43.8 Å². The Morgan fingerprint density at radius 2 is 1.72 bits per heavy atom. The molecule has 0 saturated heterocycles. The molecule has 2 nitrogen and oxygen atoms in total. The van der Waals surface area contributed by atoms with Gasteiger partial charge in [-0.05, 0) is 60.5 Å². The van der Waals surface area contributed by atoms with E-state index in [4.69, 9.17) is 4.74 Å². The van der Waals surface area contributed by atoms with Gasteiger partial charge in [0.2, 0.25) is 0 Å². The topological polar surface area (TPSA) is 21.6 Å². The first-order valence-electron chi connectivity index (χ1n) is 7.88. The van der Waals surface area contributed by atoms with E-state index in [-0.39, 0.29) is 0 Å². The molecule has 25 heavy (non-hydrogen) atoms. The number of benzene rings is 3. The van der Waals surface area contributed by atoms with Gasteiger partial charge in [0.15, 0.2) is 0 Å². The number of halogens is 2. The largest absolute Gasteiger partial charge is 0.489 e. The lowest BCUT2D eigenvalue weighted by Crippen LogP contribution is -1.96. The van der Waals surface area contributed by atoms with Crippen LogP contribution in [0.5, 0.6) is 5.75 Å². The lowest BCUT2D eigenvalue weighted by atomic mass is 10.2. The van der Waals surface area contributed by atoms with E-state index >= 15 is 0 Å². The Morgan fingerprint density at radius 1 is 0.960 bits per heavy atom. The summed E-state index contributed by atoms with van der Waals surface area (Å²) < 4.78 is 7.93. The second kappa shape index (κ2) is 8.45. The van der Waals surface area contributed by atoms with E-state index in [0.717, 1.165) is 31.5 Å². The maximum atomic E-state index is 5.86. The molecule has 0 radical (unpaired) electrons. The van der Waals surface area contributed by atoms with Crippen LogP contribution in [-0.2, 0) is 6.61 Å².